The van der Waals surface area contributed by atoms with Crippen LogP contribution >= 0.6 is 0 Å². The Morgan fingerprint density at radius 2 is 2.05 bits per heavy atom. The number of sulfone groups is 1. The van der Waals surface area contributed by atoms with E-state index in [0.29, 0.717) is 19.4 Å². The minimum absolute atomic E-state index is 0.0778. The van der Waals surface area contributed by atoms with Crippen molar-refractivity contribution in [3.8, 4) is 0 Å². The molecule has 0 radical (unpaired) electrons. The van der Waals surface area contributed by atoms with Crippen molar-refractivity contribution in [3.63, 3.8) is 0 Å². The van der Waals surface area contributed by atoms with Crippen LogP contribution in [0.3, 0.4) is 0 Å². The number of carbonyl (C=O) groups excluding carboxylic acids is 1. The van der Waals surface area contributed by atoms with Crippen LogP contribution in [0.25, 0.3) is 0 Å². The minimum Gasteiger partial charge on any atom is -0.315 e. The van der Waals surface area contributed by atoms with Gasteiger partial charge < -0.3 is 10.2 Å². The second kappa shape index (κ2) is 6.15. The molecule has 1 unspecified atom stereocenters. The van der Waals surface area contributed by atoms with Crippen molar-refractivity contribution in [3.05, 3.63) is 29.3 Å². The van der Waals surface area contributed by atoms with Gasteiger partial charge in [-0.15, -0.1) is 0 Å². The highest BCUT2D eigenvalue weighted by Gasteiger charge is 2.23. The number of carbonyl (C=O) groups is 1. The number of rotatable bonds is 5. The zero-order chi connectivity index (χ0) is 15.6. The number of hydrogen-bond donors (Lipinski definition) is 1. The first-order chi connectivity index (χ1) is 9.81. The lowest BCUT2D eigenvalue weighted by atomic mass is 9.97. The lowest BCUT2D eigenvalue weighted by Crippen LogP contribution is -2.32. The third-order valence-corrected chi connectivity index (χ3v) is 4.71. The molecule has 1 aliphatic rings. The topological polar surface area (TPSA) is 66.5 Å². The van der Waals surface area contributed by atoms with Crippen LogP contribution in [0.2, 0.25) is 0 Å². The van der Waals surface area contributed by atoms with Gasteiger partial charge in [0.25, 0.3) is 0 Å². The maximum atomic E-state index is 11.7. The molecule has 1 N–H and O–H groups in total. The summed E-state index contributed by atoms with van der Waals surface area (Å²) in [6, 6.07) is 5.63. The van der Waals surface area contributed by atoms with Crippen molar-refractivity contribution in [2.75, 3.05) is 30.5 Å². The quantitative estimate of drug-likeness (QED) is 0.890. The summed E-state index contributed by atoms with van der Waals surface area (Å²) >= 11 is 0. The summed E-state index contributed by atoms with van der Waals surface area (Å²) in [7, 11) is -1.29. The van der Waals surface area contributed by atoms with E-state index in [1.807, 2.05) is 25.1 Å². The summed E-state index contributed by atoms with van der Waals surface area (Å²) in [6.07, 6.45) is 2.47. The number of aryl methyl sites for hydroxylation is 1. The Morgan fingerprint density at radius 3 is 2.67 bits per heavy atom. The molecular weight excluding hydrogens is 288 g/mol. The van der Waals surface area contributed by atoms with E-state index in [9.17, 15) is 13.2 Å². The van der Waals surface area contributed by atoms with Gasteiger partial charge in [0.15, 0.2) is 0 Å². The van der Waals surface area contributed by atoms with Crippen molar-refractivity contribution < 1.29 is 13.2 Å². The van der Waals surface area contributed by atoms with E-state index < -0.39 is 9.84 Å². The van der Waals surface area contributed by atoms with Crippen molar-refractivity contribution in [2.24, 2.45) is 0 Å². The van der Waals surface area contributed by atoms with Crippen molar-refractivity contribution in [1.82, 2.24) is 5.32 Å². The molecule has 0 aliphatic carbocycles. The van der Waals surface area contributed by atoms with Gasteiger partial charge in [-0.3, -0.25) is 4.79 Å². The van der Waals surface area contributed by atoms with E-state index in [1.54, 1.807) is 11.9 Å². The van der Waals surface area contributed by atoms with E-state index in [0.717, 1.165) is 16.8 Å². The average molecular weight is 310 g/mol. The van der Waals surface area contributed by atoms with Crippen LogP contribution in [0.15, 0.2) is 18.2 Å². The summed E-state index contributed by atoms with van der Waals surface area (Å²) in [6.45, 7) is 2.66. The molecule has 0 saturated heterocycles. The van der Waals surface area contributed by atoms with Crippen molar-refractivity contribution in [2.45, 2.75) is 25.8 Å². The third kappa shape index (κ3) is 3.83. The highest BCUT2D eigenvalue weighted by Crippen LogP contribution is 2.29. The van der Waals surface area contributed by atoms with Crippen LogP contribution in [0.5, 0.6) is 0 Å². The Morgan fingerprint density at radius 1 is 1.33 bits per heavy atom. The van der Waals surface area contributed by atoms with Gasteiger partial charge in [0.2, 0.25) is 5.91 Å². The molecular formula is C15H22N2O3S. The van der Waals surface area contributed by atoms with Gasteiger partial charge in [-0.25, -0.2) is 8.42 Å². The van der Waals surface area contributed by atoms with Crippen LogP contribution < -0.4 is 10.2 Å². The van der Waals surface area contributed by atoms with Gasteiger partial charge in [0.05, 0.1) is 5.75 Å². The maximum absolute atomic E-state index is 11.7. The number of amides is 1. The smallest absolute Gasteiger partial charge is 0.227 e. The molecule has 0 bridgehead atoms. The monoisotopic (exact) mass is 310 g/mol. The fourth-order valence-corrected chi connectivity index (χ4v) is 3.63. The Hall–Kier alpha value is -1.40. The van der Waals surface area contributed by atoms with Gasteiger partial charge in [0, 0.05) is 31.5 Å². The Labute approximate surface area is 126 Å². The second-order valence-corrected chi connectivity index (χ2v) is 7.73. The van der Waals surface area contributed by atoms with Crippen LogP contribution in [-0.2, 0) is 21.1 Å². The van der Waals surface area contributed by atoms with Crippen LogP contribution in [-0.4, -0.2) is 39.9 Å². The Bertz CT molecular complexity index is 640. The number of benzene rings is 1. The standard InChI is InChI=1S/C15H22N2O3S/c1-4-16-13(10-21(3,19)20)11-5-7-14-12(9-11)6-8-15(18)17(14)2/h5,7,9,13,16H,4,6,8,10H2,1-3H3. The first-order valence-electron chi connectivity index (χ1n) is 7.12. The fourth-order valence-electron chi connectivity index (χ4n) is 2.72. The second-order valence-electron chi connectivity index (χ2n) is 5.54. The van der Waals surface area contributed by atoms with Gasteiger partial charge in [-0.1, -0.05) is 19.1 Å². The highest BCUT2D eigenvalue weighted by atomic mass is 32.2. The SMILES string of the molecule is CCNC(CS(C)(=O)=O)c1ccc2c(c1)CCC(=O)N2C. The van der Waals surface area contributed by atoms with Crippen LogP contribution in [0, 0.1) is 0 Å². The summed E-state index contributed by atoms with van der Waals surface area (Å²) < 4.78 is 23.2. The molecule has 0 spiro atoms. The number of nitrogens with zero attached hydrogens (tertiary/aromatic N) is 1. The molecule has 1 heterocycles. The van der Waals surface area contributed by atoms with Gasteiger partial charge in [-0.2, -0.15) is 0 Å². The van der Waals surface area contributed by atoms with E-state index in [2.05, 4.69) is 5.32 Å². The predicted molar refractivity (Wildman–Crippen MR) is 84.3 cm³/mol. The van der Waals surface area contributed by atoms with E-state index in [1.165, 1.54) is 6.26 Å². The molecule has 1 aromatic rings. The average Bonchev–Trinajstić information content (AvgIpc) is 2.41. The Balaban J connectivity index is 2.33. The predicted octanol–water partition coefficient (Wildman–Crippen LogP) is 1.29. The summed E-state index contributed by atoms with van der Waals surface area (Å²) in [5, 5.41) is 3.22. The molecule has 2 rings (SSSR count). The Kier molecular flexibility index (Phi) is 4.68. The maximum Gasteiger partial charge on any atom is 0.227 e. The molecule has 0 aromatic heterocycles. The summed E-state index contributed by atoms with van der Waals surface area (Å²) in [5.41, 5.74) is 2.99. The van der Waals surface area contributed by atoms with Crippen LogP contribution in [0.4, 0.5) is 5.69 Å². The van der Waals surface area contributed by atoms with Crippen molar-refractivity contribution >= 4 is 21.4 Å². The highest BCUT2D eigenvalue weighted by molar-refractivity contribution is 7.90. The fraction of sp³-hybridized carbons (Fsp3) is 0.533. The number of hydrogen-bond acceptors (Lipinski definition) is 4. The molecule has 1 aliphatic heterocycles. The van der Waals surface area contributed by atoms with Crippen LogP contribution in [0.1, 0.15) is 30.5 Å². The molecule has 0 saturated carbocycles. The first-order valence-corrected chi connectivity index (χ1v) is 9.18. The molecule has 1 amide bonds. The van der Waals surface area contributed by atoms with E-state index in [-0.39, 0.29) is 17.7 Å². The normalized spacial score (nSPS) is 16.7. The zero-order valence-corrected chi connectivity index (χ0v) is 13.5. The lowest BCUT2D eigenvalue weighted by Gasteiger charge is -2.27. The summed E-state index contributed by atoms with van der Waals surface area (Å²) in [4.78, 5) is 13.4. The van der Waals surface area contributed by atoms with Gasteiger partial charge in [-0.05, 0) is 30.2 Å². The molecule has 1 aromatic carbocycles. The zero-order valence-electron chi connectivity index (χ0n) is 12.7. The minimum atomic E-state index is -3.06. The number of anilines is 1. The summed E-state index contributed by atoms with van der Waals surface area (Å²) in [5.74, 6) is 0.198. The molecule has 0 fully saturated rings. The third-order valence-electron chi connectivity index (χ3n) is 3.77. The molecule has 6 heteroatoms. The number of fused-ring (bicyclic) bond motifs is 1. The van der Waals surface area contributed by atoms with Gasteiger partial charge in [0.1, 0.15) is 9.84 Å². The first kappa shape index (κ1) is 16.0. The molecule has 21 heavy (non-hydrogen) atoms. The van der Waals surface area contributed by atoms with Crippen molar-refractivity contribution in [1.29, 1.82) is 0 Å². The van der Waals surface area contributed by atoms with Gasteiger partial charge >= 0.3 is 0 Å². The lowest BCUT2D eigenvalue weighted by molar-refractivity contribution is -0.118. The molecule has 5 nitrogen and oxygen atoms in total. The molecule has 1 atom stereocenters. The number of nitrogens with one attached hydrogen (secondary N) is 1. The van der Waals surface area contributed by atoms with E-state index in [4.69, 9.17) is 0 Å². The van der Waals surface area contributed by atoms with E-state index >= 15 is 0 Å². The largest absolute Gasteiger partial charge is 0.315 e. The molecule has 116 valence electrons.